The summed E-state index contributed by atoms with van der Waals surface area (Å²) in [6.07, 6.45) is 7.86. The Hall–Kier alpha value is -2.37. The largest absolute Gasteiger partial charge is 0.349 e. The van der Waals surface area contributed by atoms with Crippen LogP contribution in [0.3, 0.4) is 0 Å². The molecule has 1 amide bonds. The number of hydrogen-bond acceptors (Lipinski definition) is 3. The molecule has 1 aromatic heterocycles. The lowest BCUT2D eigenvalue weighted by Crippen LogP contribution is -2.55. The van der Waals surface area contributed by atoms with Crippen molar-refractivity contribution < 1.29 is 4.79 Å². The first-order valence-electron chi connectivity index (χ1n) is 11.0. The Labute approximate surface area is 169 Å². The summed E-state index contributed by atoms with van der Waals surface area (Å²) in [5.74, 6) is 2.39. The molecule has 1 heterocycles. The summed E-state index contributed by atoms with van der Waals surface area (Å²) in [7, 11) is 0. The summed E-state index contributed by atoms with van der Waals surface area (Å²) in [5.41, 5.74) is 0.382. The zero-order valence-electron chi connectivity index (χ0n) is 17.2. The molecule has 2 N–H and O–H groups in total. The van der Waals surface area contributed by atoms with Crippen molar-refractivity contribution in [2.75, 3.05) is 0 Å². The Morgan fingerprint density at radius 1 is 1.17 bits per heavy atom. The molecule has 2 aromatic rings. The second-order valence-corrected chi connectivity index (χ2v) is 9.72. The first-order chi connectivity index (χ1) is 13.9. The number of fused-ring (bicyclic) bond motifs is 1. The van der Waals surface area contributed by atoms with E-state index in [0.717, 1.165) is 22.3 Å². The molecule has 6 heteroatoms. The van der Waals surface area contributed by atoms with E-state index >= 15 is 0 Å². The summed E-state index contributed by atoms with van der Waals surface area (Å²) in [6.45, 7) is 4.24. The fraction of sp³-hybridized carbons (Fsp3) is 0.609. The van der Waals surface area contributed by atoms with Crippen molar-refractivity contribution in [3.05, 3.63) is 44.6 Å². The van der Waals surface area contributed by atoms with Crippen LogP contribution in [0.25, 0.3) is 10.9 Å². The van der Waals surface area contributed by atoms with Crippen LogP contribution in [0.1, 0.15) is 62.7 Å². The molecule has 4 saturated carbocycles. The maximum atomic E-state index is 13.0. The van der Waals surface area contributed by atoms with Gasteiger partial charge in [0.25, 0.3) is 11.5 Å². The third kappa shape index (κ3) is 2.95. The van der Waals surface area contributed by atoms with Crippen molar-refractivity contribution in [2.45, 2.75) is 65.0 Å². The number of nitrogens with zero attached hydrogens (tertiary/aromatic N) is 1. The Bertz CT molecular complexity index is 1060. The highest BCUT2D eigenvalue weighted by Crippen LogP contribution is 2.61. The highest BCUT2D eigenvalue weighted by molar-refractivity contribution is 5.97. The minimum atomic E-state index is -0.440. The van der Waals surface area contributed by atoms with Gasteiger partial charge in [0.05, 0.1) is 10.9 Å². The minimum absolute atomic E-state index is 0.129. The van der Waals surface area contributed by atoms with E-state index in [9.17, 15) is 14.4 Å². The third-order valence-electron chi connectivity index (χ3n) is 7.91. The molecule has 4 aliphatic carbocycles. The second-order valence-electron chi connectivity index (χ2n) is 9.72. The van der Waals surface area contributed by atoms with E-state index in [0.29, 0.717) is 23.0 Å². The predicted molar refractivity (Wildman–Crippen MR) is 112 cm³/mol. The van der Waals surface area contributed by atoms with Crippen LogP contribution in [-0.2, 0) is 6.54 Å². The number of carbonyl (C=O) groups excluding carboxylic acids is 1. The monoisotopic (exact) mass is 395 g/mol. The Kier molecular flexibility index (Phi) is 4.23. The number of hydrogen-bond donors (Lipinski definition) is 2. The zero-order chi connectivity index (χ0) is 20.3. The molecule has 0 unspecified atom stereocenters. The van der Waals surface area contributed by atoms with Gasteiger partial charge in [-0.2, -0.15) is 0 Å². The summed E-state index contributed by atoms with van der Waals surface area (Å²) in [4.78, 5) is 40.3. The highest BCUT2D eigenvalue weighted by atomic mass is 16.2. The van der Waals surface area contributed by atoms with Crippen LogP contribution in [0.4, 0.5) is 0 Å². The molecule has 4 fully saturated rings. The quantitative estimate of drug-likeness (QED) is 0.835. The van der Waals surface area contributed by atoms with E-state index in [-0.39, 0.29) is 22.9 Å². The van der Waals surface area contributed by atoms with Crippen molar-refractivity contribution in [1.82, 2.24) is 14.9 Å². The van der Waals surface area contributed by atoms with E-state index in [2.05, 4.69) is 17.2 Å². The molecule has 6 rings (SSSR count). The van der Waals surface area contributed by atoms with E-state index < -0.39 is 5.69 Å². The molecule has 4 bridgehead atoms. The molecule has 0 radical (unpaired) electrons. The van der Waals surface area contributed by atoms with Crippen molar-refractivity contribution in [1.29, 1.82) is 0 Å². The van der Waals surface area contributed by atoms with Crippen molar-refractivity contribution in [3.63, 3.8) is 0 Å². The smallest absolute Gasteiger partial charge is 0.328 e. The number of nitrogens with one attached hydrogen (secondary N) is 2. The van der Waals surface area contributed by atoms with Gasteiger partial charge in [-0.3, -0.25) is 14.2 Å². The number of amides is 1. The normalized spacial score (nSPS) is 31.2. The van der Waals surface area contributed by atoms with Crippen LogP contribution in [0.5, 0.6) is 0 Å². The van der Waals surface area contributed by atoms with Crippen molar-refractivity contribution >= 4 is 16.8 Å². The van der Waals surface area contributed by atoms with Gasteiger partial charge in [0.15, 0.2) is 0 Å². The fourth-order valence-electron chi connectivity index (χ4n) is 6.82. The fourth-order valence-corrected chi connectivity index (χ4v) is 6.82. The lowest BCUT2D eigenvalue weighted by molar-refractivity contribution is -0.0688. The van der Waals surface area contributed by atoms with Crippen molar-refractivity contribution in [2.24, 2.45) is 23.2 Å². The van der Waals surface area contributed by atoms with Crippen LogP contribution >= 0.6 is 0 Å². The van der Waals surface area contributed by atoms with E-state index in [4.69, 9.17) is 0 Å². The molecule has 154 valence electrons. The molecule has 29 heavy (non-hydrogen) atoms. The lowest BCUT2D eigenvalue weighted by Gasteiger charge is -2.59. The molecule has 1 aromatic carbocycles. The minimum Gasteiger partial charge on any atom is -0.349 e. The number of H-pyrrole nitrogens is 1. The average molecular weight is 396 g/mol. The standard InChI is InChI=1S/C23H29N3O3/c1-3-26-21(28)18-5-4-17(9-19(18)25-22(26)29)20(27)24-13(2)23-10-14-6-15(11-23)8-16(7-14)12-23/h4-5,9,13-16H,3,6-8,10-12H2,1-2H3,(H,24,27)(H,25,29)/t13-,14?,15?,16?,23?/m0/s1. The summed E-state index contributed by atoms with van der Waals surface area (Å²) < 4.78 is 1.16. The SMILES string of the molecule is CCn1c(=O)[nH]c2cc(C(=O)N[C@@H](C)C34CC5CC(CC(C5)C3)C4)ccc2c1=O. The topological polar surface area (TPSA) is 84.0 Å². The molecule has 4 aliphatic rings. The van der Waals surface area contributed by atoms with E-state index in [1.165, 1.54) is 38.5 Å². The van der Waals surface area contributed by atoms with Crippen molar-refractivity contribution in [3.8, 4) is 0 Å². The summed E-state index contributed by atoms with van der Waals surface area (Å²) in [5, 5.41) is 3.68. The molecule has 1 atom stereocenters. The second kappa shape index (κ2) is 6.57. The Balaban J connectivity index is 1.40. The van der Waals surface area contributed by atoms with Gasteiger partial charge in [0.1, 0.15) is 0 Å². The van der Waals surface area contributed by atoms with Gasteiger partial charge in [-0.15, -0.1) is 0 Å². The first-order valence-corrected chi connectivity index (χ1v) is 11.0. The maximum Gasteiger partial charge on any atom is 0.328 e. The van der Waals surface area contributed by atoms with E-state index in [1.807, 2.05) is 0 Å². The summed E-state index contributed by atoms with van der Waals surface area (Å²) in [6, 6.07) is 5.08. The van der Waals surface area contributed by atoms with Gasteiger partial charge >= 0.3 is 5.69 Å². The first kappa shape index (κ1) is 18.6. The number of aromatic nitrogens is 2. The van der Waals surface area contributed by atoms with Crippen LogP contribution in [0.2, 0.25) is 0 Å². The van der Waals surface area contributed by atoms with Gasteiger partial charge in [-0.05, 0) is 93.7 Å². The van der Waals surface area contributed by atoms with Gasteiger partial charge in [0, 0.05) is 18.2 Å². The third-order valence-corrected chi connectivity index (χ3v) is 7.91. The molecule has 6 nitrogen and oxygen atoms in total. The Morgan fingerprint density at radius 2 is 1.79 bits per heavy atom. The highest BCUT2D eigenvalue weighted by Gasteiger charge is 2.53. The van der Waals surface area contributed by atoms with Gasteiger partial charge in [-0.25, -0.2) is 4.79 Å². The molecular formula is C23H29N3O3. The maximum absolute atomic E-state index is 13.0. The zero-order valence-corrected chi connectivity index (χ0v) is 17.2. The van der Waals surface area contributed by atoms with E-state index in [1.54, 1.807) is 25.1 Å². The molecular weight excluding hydrogens is 366 g/mol. The number of carbonyl (C=O) groups is 1. The lowest BCUT2D eigenvalue weighted by atomic mass is 9.48. The van der Waals surface area contributed by atoms with Gasteiger partial charge < -0.3 is 10.3 Å². The molecule has 0 spiro atoms. The average Bonchev–Trinajstić information content (AvgIpc) is 2.66. The number of rotatable bonds is 4. The van der Waals surface area contributed by atoms with Crippen LogP contribution < -0.4 is 16.6 Å². The number of aromatic amines is 1. The van der Waals surface area contributed by atoms with Crippen LogP contribution in [0, 0.1) is 23.2 Å². The van der Waals surface area contributed by atoms with Gasteiger partial charge in [0.2, 0.25) is 0 Å². The molecule has 0 aliphatic heterocycles. The molecule has 0 saturated heterocycles. The Morgan fingerprint density at radius 3 is 2.38 bits per heavy atom. The van der Waals surface area contributed by atoms with Crippen LogP contribution in [0.15, 0.2) is 27.8 Å². The predicted octanol–water partition coefficient (Wildman–Crippen LogP) is 3.04. The number of benzene rings is 1. The van der Waals surface area contributed by atoms with Crippen LogP contribution in [-0.4, -0.2) is 21.5 Å². The summed E-state index contributed by atoms with van der Waals surface area (Å²) >= 11 is 0. The van der Waals surface area contributed by atoms with Gasteiger partial charge in [-0.1, -0.05) is 0 Å².